The summed E-state index contributed by atoms with van der Waals surface area (Å²) in [6.45, 7) is 0.552. The Balaban J connectivity index is 2.34. The lowest BCUT2D eigenvalue weighted by Crippen LogP contribution is -2.13. The fourth-order valence-corrected chi connectivity index (χ4v) is 1.96. The molecule has 1 amide bonds. The molecule has 0 spiro atoms. The Hall–Kier alpha value is -2.30. The number of nitrogens with zero attached hydrogens (tertiary/aromatic N) is 2. The Labute approximate surface area is 91.6 Å². The first-order chi connectivity index (χ1) is 7.77. The molecule has 1 aliphatic rings. The highest BCUT2D eigenvalue weighted by atomic mass is 16.1. The zero-order chi connectivity index (χ0) is 11.1. The predicted octanol–water partition coefficient (Wildman–Crippen LogP) is 0.840. The second kappa shape index (κ2) is 3.10. The van der Waals surface area contributed by atoms with Crippen LogP contribution < -0.4 is 11.1 Å². The normalized spacial score (nSPS) is 13.5. The first kappa shape index (κ1) is 8.96. The molecule has 2 aromatic rings. The molecule has 0 radical (unpaired) electrons. The number of nitrogens with one attached hydrogen (secondary N) is 1. The summed E-state index contributed by atoms with van der Waals surface area (Å²) < 4.78 is 1.92. The molecule has 0 unspecified atom stereocenters. The molecule has 2 aromatic heterocycles. The maximum Gasteiger partial charge on any atom is 0.250 e. The van der Waals surface area contributed by atoms with Gasteiger partial charge in [-0.15, -0.1) is 0 Å². The van der Waals surface area contributed by atoms with Crippen molar-refractivity contribution in [2.75, 3.05) is 12.0 Å². The minimum Gasteiger partial charge on any atom is -0.366 e. The second-order valence-corrected chi connectivity index (χ2v) is 3.63. The number of hydrogen-bond acceptors (Lipinski definition) is 3. The van der Waals surface area contributed by atoms with E-state index >= 15 is 0 Å². The Morgan fingerprint density at radius 3 is 3.12 bits per heavy atom. The number of anilines is 1. The van der Waals surface area contributed by atoms with Gasteiger partial charge in [0.05, 0.1) is 11.1 Å². The number of hydrogen-bond donors (Lipinski definition) is 2. The van der Waals surface area contributed by atoms with Crippen LogP contribution >= 0.6 is 0 Å². The molecule has 0 saturated carbocycles. The van der Waals surface area contributed by atoms with Crippen molar-refractivity contribution in [2.45, 2.75) is 0 Å². The van der Waals surface area contributed by atoms with Crippen LogP contribution in [-0.2, 0) is 0 Å². The minimum absolute atomic E-state index is 0.410. The van der Waals surface area contributed by atoms with Gasteiger partial charge in [-0.3, -0.25) is 9.79 Å². The van der Waals surface area contributed by atoms with E-state index in [0.717, 1.165) is 16.9 Å². The third-order valence-electron chi connectivity index (χ3n) is 2.69. The van der Waals surface area contributed by atoms with Crippen molar-refractivity contribution in [2.24, 2.45) is 10.7 Å². The number of aliphatic imine (C=N–C) groups is 1. The molecule has 0 aliphatic carbocycles. The number of rotatable bonds is 1. The molecule has 16 heavy (non-hydrogen) atoms. The molecule has 3 N–H and O–H groups in total. The lowest BCUT2D eigenvalue weighted by atomic mass is 10.2. The zero-order valence-corrected chi connectivity index (χ0v) is 8.47. The maximum absolute atomic E-state index is 11.2. The third-order valence-corrected chi connectivity index (χ3v) is 2.69. The van der Waals surface area contributed by atoms with Crippen molar-refractivity contribution in [3.8, 4) is 0 Å². The lowest BCUT2D eigenvalue weighted by Gasteiger charge is -2.14. The molecular weight excluding hydrogens is 204 g/mol. The van der Waals surface area contributed by atoms with Crippen molar-refractivity contribution in [3.63, 3.8) is 0 Å². The van der Waals surface area contributed by atoms with Gasteiger partial charge in [0.25, 0.3) is 5.91 Å². The van der Waals surface area contributed by atoms with E-state index in [0.29, 0.717) is 12.2 Å². The van der Waals surface area contributed by atoms with Gasteiger partial charge in [-0.2, -0.15) is 0 Å². The van der Waals surface area contributed by atoms with Crippen LogP contribution in [-0.4, -0.2) is 23.2 Å². The number of primary amides is 1. The fourth-order valence-electron chi connectivity index (χ4n) is 1.96. The molecule has 1 aliphatic heterocycles. The van der Waals surface area contributed by atoms with E-state index in [1.54, 1.807) is 6.07 Å². The summed E-state index contributed by atoms with van der Waals surface area (Å²) in [5, 5.41) is 3.17. The summed E-state index contributed by atoms with van der Waals surface area (Å²) in [7, 11) is 0. The minimum atomic E-state index is -0.410. The molecule has 0 saturated heterocycles. The summed E-state index contributed by atoms with van der Waals surface area (Å²) in [4.78, 5) is 15.3. The molecule has 3 rings (SSSR count). The van der Waals surface area contributed by atoms with Crippen molar-refractivity contribution < 1.29 is 4.79 Å². The van der Waals surface area contributed by atoms with Crippen LogP contribution in [0.3, 0.4) is 0 Å². The average molecular weight is 214 g/mol. The molecule has 0 bridgehead atoms. The van der Waals surface area contributed by atoms with Crippen molar-refractivity contribution >= 4 is 23.5 Å². The van der Waals surface area contributed by atoms with Crippen LogP contribution in [0.2, 0.25) is 0 Å². The van der Waals surface area contributed by atoms with Gasteiger partial charge < -0.3 is 15.5 Å². The molecule has 0 fully saturated rings. The standard InChI is InChI=1S/C11H10N4O/c12-10(16)8-3-4-15-9(8)2-1-7-5-13-6-14-11(7)15/h1-5,14H,6H2,(H2,12,16). The van der Waals surface area contributed by atoms with E-state index in [-0.39, 0.29) is 0 Å². The fraction of sp³-hybridized carbons (Fsp3) is 0.0909. The highest BCUT2D eigenvalue weighted by Gasteiger charge is 2.13. The number of pyridine rings is 1. The van der Waals surface area contributed by atoms with Crippen LogP contribution in [0.4, 0.5) is 5.82 Å². The van der Waals surface area contributed by atoms with Gasteiger partial charge >= 0.3 is 0 Å². The Morgan fingerprint density at radius 1 is 1.44 bits per heavy atom. The largest absolute Gasteiger partial charge is 0.366 e. The van der Waals surface area contributed by atoms with E-state index < -0.39 is 5.91 Å². The smallest absolute Gasteiger partial charge is 0.250 e. The van der Waals surface area contributed by atoms with Crippen LogP contribution in [0.15, 0.2) is 29.4 Å². The molecule has 80 valence electrons. The third kappa shape index (κ3) is 1.11. The molecule has 5 nitrogen and oxygen atoms in total. The summed E-state index contributed by atoms with van der Waals surface area (Å²) in [5.41, 5.74) is 7.65. The number of aromatic nitrogens is 1. The number of carbonyl (C=O) groups excluding carboxylic acids is 1. The monoisotopic (exact) mass is 214 g/mol. The van der Waals surface area contributed by atoms with E-state index in [1.807, 2.05) is 28.9 Å². The maximum atomic E-state index is 11.2. The van der Waals surface area contributed by atoms with Crippen LogP contribution in [0, 0.1) is 0 Å². The number of carbonyl (C=O) groups is 1. The first-order valence-corrected chi connectivity index (χ1v) is 4.95. The van der Waals surface area contributed by atoms with Gasteiger partial charge in [-0.05, 0) is 18.2 Å². The molecule has 3 heterocycles. The van der Waals surface area contributed by atoms with Crippen LogP contribution in [0.1, 0.15) is 15.9 Å². The summed E-state index contributed by atoms with van der Waals surface area (Å²) >= 11 is 0. The van der Waals surface area contributed by atoms with E-state index in [9.17, 15) is 4.79 Å². The van der Waals surface area contributed by atoms with Gasteiger partial charge in [0.15, 0.2) is 0 Å². The molecule has 5 heteroatoms. The van der Waals surface area contributed by atoms with Crippen LogP contribution in [0.5, 0.6) is 0 Å². The van der Waals surface area contributed by atoms with Crippen molar-refractivity contribution in [1.29, 1.82) is 0 Å². The van der Waals surface area contributed by atoms with E-state index in [4.69, 9.17) is 5.73 Å². The number of amides is 1. The van der Waals surface area contributed by atoms with Gasteiger partial charge in [0.1, 0.15) is 12.5 Å². The highest BCUT2D eigenvalue weighted by molar-refractivity contribution is 6.01. The Bertz CT molecular complexity index is 612. The summed E-state index contributed by atoms with van der Waals surface area (Å²) in [6.07, 6.45) is 3.65. The SMILES string of the molecule is NC(=O)c1ccn2c3c(ccc12)C=NCN3. The second-order valence-electron chi connectivity index (χ2n) is 3.63. The highest BCUT2D eigenvalue weighted by Crippen LogP contribution is 2.22. The average Bonchev–Trinajstić information content (AvgIpc) is 2.73. The van der Waals surface area contributed by atoms with Crippen LogP contribution in [0.25, 0.3) is 5.52 Å². The van der Waals surface area contributed by atoms with Crippen molar-refractivity contribution in [3.05, 3.63) is 35.5 Å². The summed E-state index contributed by atoms with van der Waals surface area (Å²) in [5.74, 6) is 0.534. The van der Waals surface area contributed by atoms with Crippen molar-refractivity contribution in [1.82, 2.24) is 4.40 Å². The molecule has 0 atom stereocenters. The quantitative estimate of drug-likeness (QED) is 0.738. The van der Waals surface area contributed by atoms with E-state index in [1.165, 1.54) is 0 Å². The van der Waals surface area contributed by atoms with Gasteiger partial charge in [0, 0.05) is 18.0 Å². The molecular formula is C11H10N4O. The van der Waals surface area contributed by atoms with E-state index in [2.05, 4.69) is 10.3 Å². The van der Waals surface area contributed by atoms with Gasteiger partial charge in [-0.1, -0.05) is 0 Å². The van der Waals surface area contributed by atoms with Gasteiger partial charge in [-0.25, -0.2) is 0 Å². The molecule has 0 aromatic carbocycles. The summed E-state index contributed by atoms with van der Waals surface area (Å²) in [6, 6.07) is 5.52. The predicted molar refractivity (Wildman–Crippen MR) is 62.0 cm³/mol. The number of nitrogens with two attached hydrogens (primary N) is 1. The Morgan fingerprint density at radius 2 is 2.31 bits per heavy atom. The Kier molecular flexibility index (Phi) is 1.73. The number of fused-ring (bicyclic) bond motifs is 3. The lowest BCUT2D eigenvalue weighted by molar-refractivity contribution is 0.100. The van der Waals surface area contributed by atoms with Gasteiger partial charge in [0.2, 0.25) is 0 Å². The first-order valence-electron chi connectivity index (χ1n) is 4.95. The zero-order valence-electron chi connectivity index (χ0n) is 8.47. The topological polar surface area (TPSA) is 71.9 Å².